The summed E-state index contributed by atoms with van der Waals surface area (Å²) >= 11 is 0. The highest BCUT2D eigenvalue weighted by atomic mass is 16.5. The Kier molecular flexibility index (Phi) is 8.40. The molecule has 2 bridgehead atoms. The average Bonchev–Trinajstić information content (AvgIpc) is 2.48. The van der Waals surface area contributed by atoms with E-state index in [-0.39, 0.29) is 0 Å². The highest BCUT2D eigenvalue weighted by molar-refractivity contribution is 4.63. The molecule has 3 aliphatic heterocycles. The normalized spacial score (nSPS) is 32.4. The molecule has 0 aromatic carbocycles. The average molecular weight is 302 g/mol. The second-order valence-electron chi connectivity index (χ2n) is 5.50. The number of rotatable bonds is 0. The van der Waals surface area contributed by atoms with Crippen molar-refractivity contribution >= 4 is 0 Å². The van der Waals surface area contributed by atoms with E-state index in [2.05, 4.69) is 36.4 Å². The van der Waals surface area contributed by atoms with Crippen LogP contribution in [-0.4, -0.2) is 99.4 Å². The Labute approximate surface area is 127 Å². The lowest BCUT2D eigenvalue weighted by Crippen LogP contribution is -2.52. The first-order valence-electron chi connectivity index (χ1n) is 7.77. The van der Waals surface area contributed by atoms with Crippen molar-refractivity contribution in [1.82, 2.24) is 41.4 Å². The van der Waals surface area contributed by atoms with E-state index < -0.39 is 0 Å². The molecule has 0 aliphatic carbocycles. The third kappa shape index (κ3) is 7.45. The summed E-state index contributed by atoms with van der Waals surface area (Å²) in [7, 11) is 0. The van der Waals surface area contributed by atoms with Crippen molar-refractivity contribution in [3.8, 4) is 0 Å². The maximum Gasteiger partial charge on any atom is 0.0775 e. The number of hydrogen-bond acceptors (Lipinski definition) is 9. The van der Waals surface area contributed by atoms with Gasteiger partial charge in [-0.05, 0) is 0 Å². The molecule has 0 amide bonds. The molecular formula is C12H30N8O. The van der Waals surface area contributed by atoms with E-state index in [1.165, 1.54) is 5.06 Å². The van der Waals surface area contributed by atoms with Gasteiger partial charge in [-0.2, -0.15) is 5.06 Å². The maximum atomic E-state index is 9.98. The fourth-order valence-electron chi connectivity index (χ4n) is 2.37. The minimum absolute atomic E-state index is 0.534. The number of nitrogens with one attached hydrogen (secondary N) is 5. The first kappa shape index (κ1) is 17.0. The lowest BCUT2D eigenvalue weighted by atomic mass is 10.5. The monoisotopic (exact) mass is 302 g/mol. The van der Waals surface area contributed by atoms with Crippen LogP contribution in [0.4, 0.5) is 0 Å². The van der Waals surface area contributed by atoms with Crippen molar-refractivity contribution in [2.75, 3.05) is 79.3 Å². The quantitative estimate of drug-likeness (QED) is 0.280. The maximum absolute atomic E-state index is 9.98. The summed E-state index contributed by atoms with van der Waals surface area (Å²) in [5.41, 5.74) is 0. The molecule has 0 radical (unpaired) electrons. The van der Waals surface area contributed by atoms with Crippen LogP contribution >= 0.6 is 0 Å². The van der Waals surface area contributed by atoms with Crippen molar-refractivity contribution in [3.05, 3.63) is 0 Å². The van der Waals surface area contributed by atoms with Crippen LogP contribution < -0.4 is 26.6 Å². The first-order valence-corrected chi connectivity index (χ1v) is 7.77. The van der Waals surface area contributed by atoms with Gasteiger partial charge in [0, 0.05) is 39.3 Å². The standard InChI is InChI=1S/C12H30N8O/c21-20-6-5-17-9-18-7-13-1-3-15-10-19(12-20)11-16-4-2-14-8-18/h13-17,21H,1-12H2. The Morgan fingerprint density at radius 1 is 0.571 bits per heavy atom. The zero-order valence-electron chi connectivity index (χ0n) is 12.8. The van der Waals surface area contributed by atoms with Crippen LogP contribution in [0.5, 0.6) is 0 Å². The lowest BCUT2D eigenvalue weighted by molar-refractivity contribution is -0.126. The summed E-state index contributed by atoms with van der Waals surface area (Å²) in [6, 6.07) is 0. The largest absolute Gasteiger partial charge is 0.313 e. The summed E-state index contributed by atoms with van der Waals surface area (Å²) in [5.74, 6) is 0. The topological polar surface area (TPSA) is 90.1 Å². The molecule has 3 heterocycles. The second kappa shape index (κ2) is 10.4. The Hall–Kier alpha value is -0.360. The van der Waals surface area contributed by atoms with Gasteiger partial charge < -0.3 is 31.8 Å². The molecule has 0 aromatic rings. The molecule has 3 rings (SSSR count). The van der Waals surface area contributed by atoms with Crippen LogP contribution in [0.15, 0.2) is 0 Å². The van der Waals surface area contributed by atoms with Gasteiger partial charge in [-0.15, -0.1) is 0 Å². The van der Waals surface area contributed by atoms with E-state index in [4.69, 9.17) is 0 Å². The first-order chi connectivity index (χ1) is 10.3. The molecule has 9 heteroatoms. The molecule has 21 heavy (non-hydrogen) atoms. The molecule has 3 aliphatic rings. The summed E-state index contributed by atoms with van der Waals surface area (Å²) in [5, 5.41) is 28.4. The number of hydroxylamine groups is 2. The predicted molar refractivity (Wildman–Crippen MR) is 81.4 cm³/mol. The van der Waals surface area contributed by atoms with Crippen LogP contribution in [0.25, 0.3) is 0 Å². The summed E-state index contributed by atoms with van der Waals surface area (Å²) in [4.78, 5) is 4.44. The molecule has 0 saturated carbocycles. The number of fused-ring (bicyclic) bond motifs is 15. The van der Waals surface area contributed by atoms with E-state index in [9.17, 15) is 5.21 Å². The molecule has 3 fully saturated rings. The van der Waals surface area contributed by atoms with E-state index >= 15 is 0 Å². The fraction of sp³-hybridized carbons (Fsp3) is 1.00. The Morgan fingerprint density at radius 2 is 1.00 bits per heavy atom. The van der Waals surface area contributed by atoms with Crippen molar-refractivity contribution in [3.63, 3.8) is 0 Å². The Balaban J connectivity index is 1.94. The van der Waals surface area contributed by atoms with Crippen molar-refractivity contribution in [2.45, 2.75) is 0 Å². The van der Waals surface area contributed by atoms with E-state index in [0.29, 0.717) is 13.2 Å². The molecule has 124 valence electrons. The van der Waals surface area contributed by atoms with E-state index in [1.807, 2.05) is 0 Å². The molecule has 9 nitrogen and oxygen atoms in total. The predicted octanol–water partition coefficient (Wildman–Crippen LogP) is -3.00. The molecule has 0 atom stereocenters. The molecule has 3 saturated heterocycles. The van der Waals surface area contributed by atoms with Gasteiger partial charge in [0.2, 0.25) is 0 Å². The van der Waals surface area contributed by atoms with Crippen LogP contribution in [0.2, 0.25) is 0 Å². The van der Waals surface area contributed by atoms with Crippen molar-refractivity contribution in [1.29, 1.82) is 0 Å². The SMILES string of the molecule is ON1CCNCN2CNCCNCN(CNCCNC2)C1. The number of nitrogens with zero attached hydrogens (tertiary/aromatic N) is 3. The minimum Gasteiger partial charge on any atom is -0.313 e. The zero-order chi connectivity index (χ0) is 14.8. The zero-order valence-corrected chi connectivity index (χ0v) is 12.8. The summed E-state index contributed by atoms with van der Waals surface area (Å²) in [6.07, 6.45) is 0. The van der Waals surface area contributed by atoms with Gasteiger partial charge in [-0.3, -0.25) is 9.80 Å². The molecule has 0 spiro atoms. The molecule has 0 unspecified atom stereocenters. The summed E-state index contributed by atoms with van der Waals surface area (Å²) in [6.45, 7) is 9.63. The van der Waals surface area contributed by atoms with Gasteiger partial charge in [-0.1, -0.05) is 0 Å². The highest BCUT2D eigenvalue weighted by Gasteiger charge is 2.11. The van der Waals surface area contributed by atoms with E-state index in [1.54, 1.807) is 0 Å². The van der Waals surface area contributed by atoms with Crippen LogP contribution in [0.3, 0.4) is 0 Å². The van der Waals surface area contributed by atoms with Gasteiger partial charge in [-0.25, -0.2) is 0 Å². The third-order valence-electron chi connectivity index (χ3n) is 3.54. The smallest absolute Gasteiger partial charge is 0.0775 e. The Morgan fingerprint density at radius 3 is 1.52 bits per heavy atom. The number of hydrogen-bond donors (Lipinski definition) is 6. The second-order valence-corrected chi connectivity index (χ2v) is 5.50. The van der Waals surface area contributed by atoms with E-state index in [0.717, 1.165) is 66.1 Å². The van der Waals surface area contributed by atoms with Crippen LogP contribution in [0, 0.1) is 0 Å². The van der Waals surface area contributed by atoms with Gasteiger partial charge in [0.05, 0.1) is 40.0 Å². The van der Waals surface area contributed by atoms with Crippen molar-refractivity contribution in [2.24, 2.45) is 0 Å². The van der Waals surface area contributed by atoms with Crippen LogP contribution in [0.1, 0.15) is 0 Å². The van der Waals surface area contributed by atoms with Crippen LogP contribution in [-0.2, 0) is 0 Å². The highest BCUT2D eigenvalue weighted by Crippen LogP contribution is 1.90. The third-order valence-corrected chi connectivity index (χ3v) is 3.54. The van der Waals surface area contributed by atoms with Gasteiger partial charge in [0.15, 0.2) is 0 Å². The molecular weight excluding hydrogens is 272 g/mol. The van der Waals surface area contributed by atoms with Gasteiger partial charge >= 0.3 is 0 Å². The minimum atomic E-state index is 0.534. The van der Waals surface area contributed by atoms with Gasteiger partial charge in [0.1, 0.15) is 0 Å². The van der Waals surface area contributed by atoms with Gasteiger partial charge in [0.25, 0.3) is 0 Å². The summed E-state index contributed by atoms with van der Waals surface area (Å²) < 4.78 is 0. The Bertz CT molecular complexity index is 254. The molecule has 0 aromatic heterocycles. The lowest BCUT2D eigenvalue weighted by Gasteiger charge is -2.30. The molecule has 6 N–H and O–H groups in total. The fourth-order valence-corrected chi connectivity index (χ4v) is 2.37. The van der Waals surface area contributed by atoms with Crippen molar-refractivity contribution < 1.29 is 5.21 Å².